The molecule has 0 saturated heterocycles. The van der Waals surface area contributed by atoms with Crippen molar-refractivity contribution < 1.29 is 0 Å². The quantitative estimate of drug-likeness (QED) is 0.574. The summed E-state index contributed by atoms with van der Waals surface area (Å²) in [5.41, 5.74) is 5.53. The molecule has 0 aliphatic heterocycles. The lowest BCUT2D eigenvalue weighted by molar-refractivity contribution is 0.593. The summed E-state index contributed by atoms with van der Waals surface area (Å²) in [7, 11) is 0. The minimum Gasteiger partial charge on any atom is -0.192 e. The summed E-state index contributed by atoms with van der Waals surface area (Å²) in [6, 6.07) is 29.7. The van der Waals surface area contributed by atoms with Crippen LogP contribution in [0.4, 0.5) is 0 Å². The number of aryl methyl sites for hydroxylation is 1. The lowest BCUT2D eigenvalue weighted by Crippen LogP contribution is -2.28. The Kier molecular flexibility index (Phi) is 4.49. The standard InChI is InChI=1S/C23H21N/c1-3-23(20-7-5-4-6-8-20,21-13-9-18(2)10-14-21)22-15-11-19(17-24)12-16-22/h4-16H,3H2,1-2H3. The van der Waals surface area contributed by atoms with Gasteiger partial charge in [-0.25, -0.2) is 0 Å². The fourth-order valence-electron chi connectivity index (χ4n) is 3.50. The van der Waals surface area contributed by atoms with Crippen molar-refractivity contribution >= 4 is 0 Å². The minimum absolute atomic E-state index is 0.205. The molecule has 1 unspecified atom stereocenters. The summed E-state index contributed by atoms with van der Waals surface area (Å²) in [5, 5.41) is 9.10. The third kappa shape index (κ3) is 2.72. The van der Waals surface area contributed by atoms with Crippen molar-refractivity contribution in [2.45, 2.75) is 25.7 Å². The van der Waals surface area contributed by atoms with Gasteiger partial charge in [-0.1, -0.05) is 79.2 Å². The molecule has 0 radical (unpaired) electrons. The van der Waals surface area contributed by atoms with Gasteiger partial charge in [0, 0.05) is 5.41 Å². The van der Waals surface area contributed by atoms with Gasteiger partial charge in [0.25, 0.3) is 0 Å². The van der Waals surface area contributed by atoms with Gasteiger partial charge in [-0.3, -0.25) is 0 Å². The zero-order chi connectivity index (χ0) is 17.0. The van der Waals surface area contributed by atoms with Gasteiger partial charge in [-0.05, 0) is 42.2 Å². The highest BCUT2D eigenvalue weighted by molar-refractivity contribution is 5.51. The molecule has 0 amide bonds. The van der Waals surface area contributed by atoms with Crippen LogP contribution in [0.1, 0.15) is 41.2 Å². The fourth-order valence-corrected chi connectivity index (χ4v) is 3.50. The summed E-state index contributed by atoms with van der Waals surface area (Å²) in [6.07, 6.45) is 0.950. The number of rotatable bonds is 4. The van der Waals surface area contributed by atoms with Crippen molar-refractivity contribution in [3.05, 3.63) is 107 Å². The van der Waals surface area contributed by atoms with Gasteiger partial charge < -0.3 is 0 Å². The van der Waals surface area contributed by atoms with E-state index in [0.717, 1.165) is 6.42 Å². The first-order valence-electron chi connectivity index (χ1n) is 8.34. The zero-order valence-corrected chi connectivity index (χ0v) is 14.2. The average molecular weight is 311 g/mol. The Morgan fingerprint density at radius 2 is 1.25 bits per heavy atom. The molecule has 3 rings (SSSR count). The second kappa shape index (κ2) is 6.72. The van der Waals surface area contributed by atoms with E-state index in [1.807, 2.05) is 12.1 Å². The molecule has 1 nitrogen and oxygen atoms in total. The fraction of sp³-hybridized carbons (Fsp3) is 0.174. The average Bonchev–Trinajstić information content (AvgIpc) is 2.65. The Hall–Kier alpha value is -2.85. The normalized spacial score (nSPS) is 13.0. The maximum Gasteiger partial charge on any atom is 0.0991 e. The Morgan fingerprint density at radius 1 is 0.750 bits per heavy atom. The Labute approximate surface area is 144 Å². The summed E-state index contributed by atoms with van der Waals surface area (Å²) >= 11 is 0. The Balaban J connectivity index is 2.26. The molecule has 0 aromatic heterocycles. The molecule has 0 N–H and O–H groups in total. The molecule has 0 fully saturated rings. The van der Waals surface area contributed by atoms with E-state index in [4.69, 9.17) is 5.26 Å². The van der Waals surface area contributed by atoms with Crippen LogP contribution in [0.2, 0.25) is 0 Å². The van der Waals surface area contributed by atoms with E-state index in [0.29, 0.717) is 5.56 Å². The number of hydrogen-bond donors (Lipinski definition) is 0. The first-order chi connectivity index (χ1) is 11.7. The summed E-state index contributed by atoms with van der Waals surface area (Å²) < 4.78 is 0. The number of nitriles is 1. The monoisotopic (exact) mass is 311 g/mol. The first-order valence-corrected chi connectivity index (χ1v) is 8.34. The van der Waals surface area contributed by atoms with E-state index in [-0.39, 0.29) is 5.41 Å². The van der Waals surface area contributed by atoms with Crippen LogP contribution in [0.5, 0.6) is 0 Å². The number of hydrogen-bond acceptors (Lipinski definition) is 1. The molecule has 0 saturated carbocycles. The van der Waals surface area contributed by atoms with Crippen LogP contribution in [0.25, 0.3) is 0 Å². The SMILES string of the molecule is CCC(c1ccccc1)(c1ccc(C)cc1)c1ccc(C#N)cc1. The molecule has 0 spiro atoms. The van der Waals surface area contributed by atoms with Crippen LogP contribution < -0.4 is 0 Å². The molecule has 0 aliphatic carbocycles. The Bertz CT molecular complexity index is 839. The molecular formula is C23H21N. The van der Waals surface area contributed by atoms with Gasteiger partial charge in [-0.15, -0.1) is 0 Å². The highest BCUT2D eigenvalue weighted by Crippen LogP contribution is 2.42. The second-order valence-electron chi connectivity index (χ2n) is 6.18. The third-order valence-corrected chi connectivity index (χ3v) is 4.85. The molecule has 24 heavy (non-hydrogen) atoms. The highest BCUT2D eigenvalue weighted by atomic mass is 14.4. The molecular weight excluding hydrogens is 290 g/mol. The first kappa shape index (κ1) is 16.0. The highest BCUT2D eigenvalue weighted by Gasteiger charge is 2.34. The van der Waals surface area contributed by atoms with Gasteiger partial charge in [0.1, 0.15) is 0 Å². The van der Waals surface area contributed by atoms with Crippen molar-refractivity contribution in [3.8, 4) is 6.07 Å². The predicted octanol–water partition coefficient (Wildman–Crippen LogP) is 5.61. The van der Waals surface area contributed by atoms with E-state index in [9.17, 15) is 0 Å². The van der Waals surface area contributed by atoms with Gasteiger partial charge in [0.2, 0.25) is 0 Å². The molecule has 3 aromatic carbocycles. The van der Waals surface area contributed by atoms with Gasteiger partial charge in [-0.2, -0.15) is 5.26 Å². The van der Waals surface area contributed by atoms with Crippen molar-refractivity contribution in [2.24, 2.45) is 0 Å². The minimum atomic E-state index is -0.205. The van der Waals surface area contributed by atoms with Crippen molar-refractivity contribution in [3.63, 3.8) is 0 Å². The van der Waals surface area contributed by atoms with Gasteiger partial charge in [0.05, 0.1) is 11.6 Å². The molecule has 118 valence electrons. The lowest BCUT2D eigenvalue weighted by Gasteiger charge is -2.35. The Morgan fingerprint density at radius 3 is 1.75 bits per heavy atom. The summed E-state index contributed by atoms with van der Waals surface area (Å²) in [5.74, 6) is 0. The van der Waals surface area contributed by atoms with Gasteiger partial charge >= 0.3 is 0 Å². The van der Waals surface area contributed by atoms with Crippen LogP contribution in [0.15, 0.2) is 78.9 Å². The van der Waals surface area contributed by atoms with Crippen LogP contribution in [0, 0.1) is 18.3 Å². The van der Waals surface area contributed by atoms with Crippen LogP contribution >= 0.6 is 0 Å². The smallest absolute Gasteiger partial charge is 0.0991 e. The number of benzene rings is 3. The van der Waals surface area contributed by atoms with Crippen LogP contribution in [0.3, 0.4) is 0 Å². The van der Waals surface area contributed by atoms with Gasteiger partial charge in [0.15, 0.2) is 0 Å². The topological polar surface area (TPSA) is 23.8 Å². The zero-order valence-electron chi connectivity index (χ0n) is 14.2. The number of nitrogens with zero attached hydrogens (tertiary/aromatic N) is 1. The molecule has 1 heteroatoms. The maximum atomic E-state index is 9.10. The summed E-state index contributed by atoms with van der Waals surface area (Å²) in [4.78, 5) is 0. The molecule has 3 aromatic rings. The van der Waals surface area contributed by atoms with E-state index in [1.54, 1.807) is 0 Å². The summed E-state index contributed by atoms with van der Waals surface area (Å²) in [6.45, 7) is 4.34. The predicted molar refractivity (Wildman–Crippen MR) is 99.0 cm³/mol. The maximum absolute atomic E-state index is 9.10. The second-order valence-corrected chi connectivity index (χ2v) is 6.18. The van der Waals surface area contributed by atoms with Crippen LogP contribution in [-0.4, -0.2) is 0 Å². The lowest BCUT2D eigenvalue weighted by atomic mass is 9.67. The largest absolute Gasteiger partial charge is 0.192 e. The molecule has 0 aliphatic rings. The van der Waals surface area contributed by atoms with E-state index in [2.05, 4.69) is 86.6 Å². The molecule has 1 atom stereocenters. The molecule has 0 bridgehead atoms. The van der Waals surface area contributed by atoms with Crippen molar-refractivity contribution in [2.75, 3.05) is 0 Å². The van der Waals surface area contributed by atoms with E-state index < -0.39 is 0 Å². The van der Waals surface area contributed by atoms with Crippen molar-refractivity contribution in [1.82, 2.24) is 0 Å². The van der Waals surface area contributed by atoms with E-state index >= 15 is 0 Å². The third-order valence-electron chi connectivity index (χ3n) is 4.85. The molecule has 0 heterocycles. The van der Waals surface area contributed by atoms with Crippen LogP contribution in [-0.2, 0) is 5.41 Å². The van der Waals surface area contributed by atoms with Crippen molar-refractivity contribution in [1.29, 1.82) is 5.26 Å². The van der Waals surface area contributed by atoms with E-state index in [1.165, 1.54) is 22.3 Å².